The van der Waals surface area contributed by atoms with Crippen LogP contribution in [0.5, 0.6) is 0 Å². The Morgan fingerprint density at radius 1 is 1.21 bits per heavy atom. The van der Waals surface area contributed by atoms with Gasteiger partial charge in [-0.3, -0.25) is 4.79 Å². The summed E-state index contributed by atoms with van der Waals surface area (Å²) in [5.74, 6) is 0.0283. The summed E-state index contributed by atoms with van der Waals surface area (Å²) in [6.07, 6.45) is 2.78. The normalized spacial score (nSPS) is 16.8. The lowest BCUT2D eigenvalue weighted by Gasteiger charge is -2.29. The van der Waals surface area contributed by atoms with Gasteiger partial charge in [0.1, 0.15) is 0 Å². The number of carbonyl (C=O) groups is 1. The van der Waals surface area contributed by atoms with E-state index in [9.17, 15) is 4.79 Å². The summed E-state index contributed by atoms with van der Waals surface area (Å²) in [5, 5.41) is 1.05. The molecule has 2 aromatic carbocycles. The molecule has 4 heteroatoms. The number of carbonyl (C=O) groups excluding carboxylic acids is 1. The Labute approximate surface area is 141 Å². The summed E-state index contributed by atoms with van der Waals surface area (Å²) in [5.41, 5.74) is 4.33. The second-order valence-corrected chi connectivity index (χ2v) is 6.37. The molecule has 0 spiro atoms. The first-order valence-corrected chi connectivity index (χ1v) is 8.22. The topological polar surface area (TPSA) is 45.3 Å². The van der Waals surface area contributed by atoms with Crippen LogP contribution in [0.25, 0.3) is 10.9 Å². The van der Waals surface area contributed by atoms with Crippen molar-refractivity contribution in [1.29, 1.82) is 0 Å². The molecular formula is C20H20N2O2. The van der Waals surface area contributed by atoms with Gasteiger partial charge in [0, 0.05) is 42.7 Å². The average Bonchev–Trinajstić information content (AvgIpc) is 3.08. The van der Waals surface area contributed by atoms with Crippen LogP contribution in [0.15, 0.2) is 54.7 Å². The van der Waals surface area contributed by atoms with E-state index in [4.69, 9.17) is 4.74 Å². The lowest BCUT2D eigenvalue weighted by atomic mass is 9.99. The number of likely N-dealkylation sites (N-methyl/N-ethyl adjacent to an activating group) is 1. The van der Waals surface area contributed by atoms with Crippen LogP contribution in [0.4, 0.5) is 0 Å². The highest BCUT2D eigenvalue weighted by atomic mass is 16.5. The zero-order valence-electron chi connectivity index (χ0n) is 13.7. The van der Waals surface area contributed by atoms with Gasteiger partial charge in [0.25, 0.3) is 5.91 Å². The molecule has 122 valence electrons. The third kappa shape index (κ3) is 2.81. The van der Waals surface area contributed by atoms with E-state index >= 15 is 0 Å². The molecule has 1 aliphatic rings. The predicted molar refractivity (Wildman–Crippen MR) is 94.0 cm³/mol. The zero-order valence-corrected chi connectivity index (χ0v) is 13.7. The van der Waals surface area contributed by atoms with Gasteiger partial charge in [-0.1, -0.05) is 24.3 Å². The van der Waals surface area contributed by atoms with Gasteiger partial charge >= 0.3 is 0 Å². The Morgan fingerprint density at radius 2 is 2.04 bits per heavy atom. The summed E-state index contributed by atoms with van der Waals surface area (Å²) in [6, 6.07) is 16.1. The molecule has 0 aliphatic carbocycles. The van der Waals surface area contributed by atoms with Gasteiger partial charge in [-0.05, 0) is 35.4 Å². The van der Waals surface area contributed by atoms with E-state index in [1.54, 1.807) is 4.90 Å². The summed E-state index contributed by atoms with van der Waals surface area (Å²) in [6.45, 7) is 1.22. The minimum atomic E-state index is 0.0283. The first kappa shape index (κ1) is 15.0. The lowest BCUT2D eigenvalue weighted by molar-refractivity contribution is 0.00985. The first-order valence-electron chi connectivity index (χ1n) is 8.22. The number of rotatable bonds is 3. The van der Waals surface area contributed by atoms with Crippen LogP contribution in [-0.4, -0.2) is 35.5 Å². The molecule has 0 saturated heterocycles. The minimum absolute atomic E-state index is 0.0283. The molecule has 4 nitrogen and oxygen atoms in total. The van der Waals surface area contributed by atoms with Crippen molar-refractivity contribution in [3.63, 3.8) is 0 Å². The molecule has 1 aliphatic heterocycles. The van der Waals surface area contributed by atoms with Crippen LogP contribution in [0.1, 0.15) is 21.5 Å². The number of ether oxygens (including phenoxy) is 1. The number of amides is 1. The van der Waals surface area contributed by atoms with Crippen molar-refractivity contribution < 1.29 is 9.53 Å². The van der Waals surface area contributed by atoms with E-state index in [1.165, 1.54) is 11.1 Å². The second kappa shape index (κ2) is 6.13. The Hall–Kier alpha value is -2.59. The maximum Gasteiger partial charge on any atom is 0.253 e. The van der Waals surface area contributed by atoms with Crippen molar-refractivity contribution >= 4 is 16.8 Å². The second-order valence-electron chi connectivity index (χ2n) is 6.37. The molecule has 4 rings (SSSR count). The SMILES string of the molecule is CN(CC1Cc2ccccc2CO1)C(=O)c1ccc2[nH]ccc2c1. The third-order valence-corrected chi connectivity index (χ3v) is 4.66. The molecule has 1 aromatic heterocycles. The number of H-pyrrole nitrogens is 1. The average molecular weight is 320 g/mol. The predicted octanol–water partition coefficient (Wildman–Crippen LogP) is 3.38. The largest absolute Gasteiger partial charge is 0.371 e. The number of aromatic nitrogens is 1. The van der Waals surface area contributed by atoms with Crippen molar-refractivity contribution in [2.24, 2.45) is 0 Å². The molecule has 0 radical (unpaired) electrons. The van der Waals surface area contributed by atoms with Crippen molar-refractivity contribution in [2.75, 3.05) is 13.6 Å². The van der Waals surface area contributed by atoms with Crippen molar-refractivity contribution in [3.8, 4) is 0 Å². The molecule has 1 amide bonds. The van der Waals surface area contributed by atoms with Gasteiger partial charge in [-0.15, -0.1) is 0 Å². The van der Waals surface area contributed by atoms with Crippen molar-refractivity contribution in [1.82, 2.24) is 9.88 Å². The highest BCUT2D eigenvalue weighted by Crippen LogP contribution is 2.21. The number of fused-ring (bicyclic) bond motifs is 2. The summed E-state index contributed by atoms with van der Waals surface area (Å²) in [7, 11) is 1.84. The quantitative estimate of drug-likeness (QED) is 0.804. The highest BCUT2D eigenvalue weighted by Gasteiger charge is 2.22. The molecule has 1 N–H and O–H groups in total. The van der Waals surface area contributed by atoms with Crippen molar-refractivity contribution in [3.05, 3.63) is 71.4 Å². The fourth-order valence-electron chi connectivity index (χ4n) is 3.32. The molecule has 0 saturated carbocycles. The van der Waals surface area contributed by atoms with Gasteiger partial charge in [-0.2, -0.15) is 0 Å². The van der Waals surface area contributed by atoms with E-state index in [0.29, 0.717) is 18.7 Å². The molecular weight excluding hydrogens is 300 g/mol. The maximum atomic E-state index is 12.7. The number of hydrogen-bond acceptors (Lipinski definition) is 2. The molecule has 3 aromatic rings. The van der Waals surface area contributed by atoms with Gasteiger partial charge in [-0.25, -0.2) is 0 Å². The number of nitrogens with zero attached hydrogens (tertiary/aromatic N) is 1. The molecule has 0 bridgehead atoms. The molecule has 1 unspecified atom stereocenters. The summed E-state index contributed by atoms with van der Waals surface area (Å²) >= 11 is 0. The smallest absolute Gasteiger partial charge is 0.253 e. The van der Waals surface area contributed by atoms with Crippen LogP contribution >= 0.6 is 0 Å². The van der Waals surface area contributed by atoms with E-state index in [-0.39, 0.29) is 12.0 Å². The number of benzene rings is 2. The number of hydrogen-bond donors (Lipinski definition) is 1. The first-order chi connectivity index (χ1) is 11.7. The van der Waals surface area contributed by atoms with Crippen LogP contribution in [0, 0.1) is 0 Å². The van der Waals surface area contributed by atoms with Gasteiger partial charge in [0.05, 0.1) is 12.7 Å². The van der Waals surface area contributed by atoms with E-state index in [0.717, 1.165) is 17.3 Å². The van der Waals surface area contributed by atoms with E-state index in [2.05, 4.69) is 23.2 Å². The van der Waals surface area contributed by atoms with E-state index < -0.39 is 0 Å². The molecule has 24 heavy (non-hydrogen) atoms. The Kier molecular flexibility index (Phi) is 3.82. The highest BCUT2D eigenvalue weighted by molar-refractivity contribution is 5.97. The number of aromatic amines is 1. The fourth-order valence-corrected chi connectivity index (χ4v) is 3.32. The molecule has 2 heterocycles. The monoisotopic (exact) mass is 320 g/mol. The van der Waals surface area contributed by atoms with Gasteiger partial charge < -0.3 is 14.6 Å². The summed E-state index contributed by atoms with van der Waals surface area (Å²) < 4.78 is 5.92. The van der Waals surface area contributed by atoms with Crippen molar-refractivity contribution in [2.45, 2.75) is 19.1 Å². The fraction of sp³-hybridized carbons (Fsp3) is 0.250. The van der Waals surface area contributed by atoms with Crippen LogP contribution in [0.2, 0.25) is 0 Å². The standard InChI is InChI=1S/C20H20N2O2/c1-22(12-18-11-14-4-2-3-5-17(14)13-24-18)20(23)16-6-7-19-15(10-16)8-9-21-19/h2-10,18,21H,11-13H2,1H3. The number of nitrogens with one attached hydrogen (secondary N) is 1. The van der Waals surface area contributed by atoms with Gasteiger partial charge in [0.2, 0.25) is 0 Å². The molecule has 1 atom stereocenters. The Morgan fingerprint density at radius 3 is 2.92 bits per heavy atom. The van der Waals surface area contributed by atoms with Crippen LogP contribution in [-0.2, 0) is 17.8 Å². The van der Waals surface area contributed by atoms with E-state index in [1.807, 2.05) is 43.6 Å². The Balaban J connectivity index is 1.46. The Bertz CT molecular complexity index is 884. The van der Waals surface area contributed by atoms with Crippen LogP contribution < -0.4 is 0 Å². The lowest BCUT2D eigenvalue weighted by Crippen LogP contribution is -2.38. The zero-order chi connectivity index (χ0) is 16.5. The van der Waals surface area contributed by atoms with Crippen LogP contribution in [0.3, 0.4) is 0 Å². The molecule has 0 fully saturated rings. The minimum Gasteiger partial charge on any atom is -0.371 e. The third-order valence-electron chi connectivity index (χ3n) is 4.66. The van der Waals surface area contributed by atoms with Gasteiger partial charge in [0.15, 0.2) is 0 Å². The maximum absolute atomic E-state index is 12.7. The summed E-state index contributed by atoms with van der Waals surface area (Å²) in [4.78, 5) is 17.6.